The fourth-order valence-corrected chi connectivity index (χ4v) is 7.22. The van der Waals surface area contributed by atoms with Crippen molar-refractivity contribution >= 4 is 29.1 Å². The summed E-state index contributed by atoms with van der Waals surface area (Å²) >= 11 is 0. The van der Waals surface area contributed by atoms with Crippen LogP contribution in [0.2, 0.25) is 0 Å². The molecule has 3 aromatic rings. The lowest BCUT2D eigenvalue weighted by Gasteiger charge is -2.46. The van der Waals surface area contributed by atoms with E-state index in [-0.39, 0.29) is 74.7 Å². The molecule has 6 rings (SSSR count). The molecule has 0 spiro atoms. The molecule has 17 heteroatoms. The number of halogens is 6. The molecule has 2 N–H and O–H groups in total. The van der Waals surface area contributed by atoms with Gasteiger partial charge in [0, 0.05) is 69.2 Å². The number of likely N-dealkylation sites (tertiary alicyclic amines) is 1. The van der Waals surface area contributed by atoms with E-state index < -0.39 is 59.9 Å². The van der Waals surface area contributed by atoms with E-state index in [9.17, 15) is 32.3 Å². The smallest absolute Gasteiger partial charge is 0.405 e. The number of piperidine rings is 2. The summed E-state index contributed by atoms with van der Waals surface area (Å²) < 4.78 is 92.8. The lowest BCUT2D eigenvalue weighted by Crippen LogP contribution is -2.62. The van der Waals surface area contributed by atoms with Crippen LogP contribution in [0, 0.1) is 19.7 Å². The van der Waals surface area contributed by atoms with Crippen molar-refractivity contribution in [3.63, 3.8) is 0 Å². The molecule has 2 atom stereocenters. The van der Waals surface area contributed by atoms with Gasteiger partial charge in [-0.15, -0.1) is 13.2 Å². The van der Waals surface area contributed by atoms with Gasteiger partial charge in [-0.25, -0.2) is 13.2 Å². The van der Waals surface area contributed by atoms with Crippen molar-refractivity contribution in [1.29, 1.82) is 0 Å². The standard InChI is InChI=1S/C36H38F6N6O5/c1-20-21(2)33(51)45(3)18-25(20)22-4-6-24(29(16-22)53-36(40,41)42)34(52)48-11-10-30(35(38,39)19-48)47-14-12-46(13-15-47)28-8-5-23(17-26(28)37)43-27-7-9-31(49)44-32(27)50/h4-6,8,16-18,27,30,43H,7,9-15,19H2,1-3H3,(H,44,49,50)/t27-,30+/m0/s1. The summed E-state index contributed by atoms with van der Waals surface area (Å²) in [7, 11) is 1.50. The minimum atomic E-state index is -5.18. The van der Waals surface area contributed by atoms with E-state index in [1.807, 2.05) is 0 Å². The van der Waals surface area contributed by atoms with Crippen molar-refractivity contribution in [2.75, 3.05) is 49.5 Å². The van der Waals surface area contributed by atoms with Gasteiger partial charge in [-0.2, -0.15) is 0 Å². The third-order valence-electron chi connectivity index (χ3n) is 10.2. The fourth-order valence-electron chi connectivity index (χ4n) is 7.22. The second-order valence-corrected chi connectivity index (χ2v) is 13.6. The summed E-state index contributed by atoms with van der Waals surface area (Å²) in [5.74, 6) is -6.75. The van der Waals surface area contributed by atoms with Gasteiger partial charge >= 0.3 is 6.36 Å². The first kappa shape index (κ1) is 37.7. The molecule has 3 aliphatic rings. The van der Waals surface area contributed by atoms with E-state index in [1.165, 1.54) is 36.0 Å². The number of nitrogens with one attached hydrogen (secondary N) is 2. The normalized spacial score (nSPS) is 21.0. The number of carbonyl (C=O) groups is 3. The summed E-state index contributed by atoms with van der Waals surface area (Å²) in [6, 6.07) is 5.93. The predicted octanol–water partition coefficient (Wildman–Crippen LogP) is 4.60. The molecule has 0 radical (unpaired) electrons. The second kappa shape index (κ2) is 14.4. The van der Waals surface area contributed by atoms with E-state index in [0.29, 0.717) is 22.4 Å². The van der Waals surface area contributed by atoms with Gasteiger partial charge in [0.15, 0.2) is 0 Å². The van der Waals surface area contributed by atoms with E-state index in [4.69, 9.17) is 0 Å². The lowest BCUT2D eigenvalue weighted by molar-refractivity contribution is -0.274. The van der Waals surface area contributed by atoms with Gasteiger partial charge in [0.2, 0.25) is 11.8 Å². The van der Waals surface area contributed by atoms with Gasteiger partial charge in [-0.1, -0.05) is 6.07 Å². The summed E-state index contributed by atoms with van der Waals surface area (Å²) in [5.41, 5.74) is 1.38. The Labute approximate surface area is 300 Å². The number of piperazine rings is 1. The van der Waals surface area contributed by atoms with E-state index in [1.54, 1.807) is 29.7 Å². The highest BCUT2D eigenvalue weighted by Crippen LogP contribution is 2.37. The van der Waals surface area contributed by atoms with Crippen LogP contribution in [0.1, 0.15) is 40.7 Å². The number of anilines is 2. The van der Waals surface area contributed by atoms with Crippen LogP contribution >= 0.6 is 0 Å². The molecule has 53 heavy (non-hydrogen) atoms. The van der Waals surface area contributed by atoms with Crippen LogP contribution in [0.5, 0.6) is 5.75 Å². The van der Waals surface area contributed by atoms with Gasteiger partial charge in [0.05, 0.1) is 23.8 Å². The Kier molecular flexibility index (Phi) is 10.2. The molecular weight excluding hydrogens is 710 g/mol. The summed E-state index contributed by atoms with van der Waals surface area (Å²) in [5, 5.41) is 5.15. The maximum atomic E-state index is 15.8. The molecule has 0 saturated carbocycles. The van der Waals surface area contributed by atoms with Crippen molar-refractivity contribution in [1.82, 2.24) is 19.7 Å². The highest BCUT2D eigenvalue weighted by molar-refractivity contribution is 6.01. The number of imide groups is 1. The van der Waals surface area contributed by atoms with Gasteiger partial charge in [0.25, 0.3) is 17.4 Å². The largest absolute Gasteiger partial charge is 0.573 e. The van der Waals surface area contributed by atoms with Crippen molar-refractivity contribution < 1.29 is 45.5 Å². The molecule has 1 aromatic heterocycles. The van der Waals surface area contributed by atoms with E-state index in [2.05, 4.69) is 15.4 Å². The topological polar surface area (TPSA) is 116 Å². The Morgan fingerprint density at radius 2 is 1.68 bits per heavy atom. The molecule has 0 aliphatic carbocycles. The minimum absolute atomic E-state index is 0.151. The van der Waals surface area contributed by atoms with Gasteiger partial charge in [-0.05, 0) is 68.1 Å². The van der Waals surface area contributed by atoms with Crippen LogP contribution in [0.4, 0.5) is 37.7 Å². The number of benzene rings is 2. The number of hydrogen-bond donors (Lipinski definition) is 2. The number of aromatic nitrogens is 1. The number of aryl methyl sites for hydroxylation is 1. The zero-order chi connectivity index (χ0) is 38.4. The number of hydrogen-bond acceptors (Lipinski definition) is 8. The molecule has 284 valence electrons. The van der Waals surface area contributed by atoms with Gasteiger partial charge < -0.3 is 24.4 Å². The van der Waals surface area contributed by atoms with Gasteiger partial charge in [0.1, 0.15) is 17.6 Å². The summed E-state index contributed by atoms with van der Waals surface area (Å²) in [4.78, 5) is 53.5. The van der Waals surface area contributed by atoms with Crippen LogP contribution in [-0.2, 0) is 16.6 Å². The number of nitrogens with zero attached hydrogens (tertiary/aromatic N) is 4. The zero-order valence-corrected chi connectivity index (χ0v) is 29.2. The SMILES string of the molecule is Cc1c(-c2ccc(C(=O)N3CC[C@@H](N4CCN(c5ccc(N[C@H]6CCC(=O)NC6=O)cc5F)CC4)C(F)(F)C3)c(OC(F)(F)F)c2)cn(C)c(=O)c1C. The average molecular weight is 749 g/mol. The third-order valence-corrected chi connectivity index (χ3v) is 10.2. The molecule has 4 heterocycles. The van der Waals surface area contributed by atoms with Crippen LogP contribution in [0.15, 0.2) is 47.4 Å². The van der Waals surface area contributed by atoms with Crippen LogP contribution in [0.25, 0.3) is 11.1 Å². The number of pyridine rings is 1. The molecule has 11 nitrogen and oxygen atoms in total. The van der Waals surface area contributed by atoms with Crippen LogP contribution in [0.3, 0.4) is 0 Å². The maximum Gasteiger partial charge on any atom is 0.573 e. The first-order valence-electron chi connectivity index (χ1n) is 17.0. The number of ether oxygens (including phenoxy) is 1. The number of alkyl halides is 5. The Morgan fingerprint density at radius 3 is 2.32 bits per heavy atom. The molecule has 3 aliphatic heterocycles. The third kappa shape index (κ3) is 7.99. The highest BCUT2D eigenvalue weighted by atomic mass is 19.4. The molecular formula is C36H38F6N6O5. The first-order valence-corrected chi connectivity index (χ1v) is 17.0. The van der Waals surface area contributed by atoms with E-state index in [0.717, 1.165) is 17.0 Å². The van der Waals surface area contributed by atoms with E-state index >= 15 is 13.2 Å². The first-order chi connectivity index (χ1) is 24.9. The zero-order valence-electron chi connectivity index (χ0n) is 29.2. The van der Waals surface area contributed by atoms with Crippen LogP contribution < -0.4 is 25.8 Å². The Balaban J connectivity index is 1.11. The fraction of sp³-hybridized carbons (Fsp3) is 0.444. The Bertz CT molecular complexity index is 1990. The lowest BCUT2D eigenvalue weighted by atomic mass is 9.96. The molecule has 3 fully saturated rings. The summed E-state index contributed by atoms with van der Waals surface area (Å²) in [6.45, 7) is 2.83. The predicted molar refractivity (Wildman–Crippen MR) is 183 cm³/mol. The van der Waals surface area contributed by atoms with Crippen molar-refractivity contribution in [2.45, 2.75) is 57.5 Å². The number of amides is 3. The molecule has 3 saturated heterocycles. The Morgan fingerprint density at radius 1 is 0.962 bits per heavy atom. The minimum Gasteiger partial charge on any atom is -0.405 e. The monoisotopic (exact) mass is 748 g/mol. The Hall–Kier alpha value is -5.06. The number of rotatable bonds is 7. The molecule has 2 aromatic carbocycles. The van der Waals surface area contributed by atoms with Crippen molar-refractivity contribution in [3.05, 3.63) is 75.5 Å². The second-order valence-electron chi connectivity index (χ2n) is 13.6. The van der Waals surface area contributed by atoms with Crippen LogP contribution in [-0.4, -0.2) is 95.7 Å². The molecule has 3 amide bonds. The quantitative estimate of drug-likeness (QED) is 0.267. The molecule has 0 unspecified atom stereocenters. The number of carbonyl (C=O) groups excluding carboxylic acids is 3. The van der Waals surface area contributed by atoms with Gasteiger partial charge in [-0.3, -0.25) is 29.4 Å². The van der Waals surface area contributed by atoms with Crippen molar-refractivity contribution in [3.8, 4) is 16.9 Å². The summed E-state index contributed by atoms with van der Waals surface area (Å²) in [6.07, 6.45) is -3.45. The maximum absolute atomic E-state index is 15.8. The van der Waals surface area contributed by atoms with Crippen molar-refractivity contribution in [2.24, 2.45) is 7.05 Å². The highest BCUT2D eigenvalue weighted by Gasteiger charge is 2.49. The molecule has 0 bridgehead atoms. The average Bonchev–Trinajstić information content (AvgIpc) is 3.09.